The molecule has 2 N–H and O–H groups in total. The molecule has 0 unspecified atom stereocenters. The Hall–Kier alpha value is -1.31. The van der Waals surface area contributed by atoms with Gasteiger partial charge < -0.3 is 10.4 Å². The van der Waals surface area contributed by atoms with Crippen molar-refractivity contribution in [1.29, 1.82) is 0 Å². The maximum atomic E-state index is 12.1. The smallest absolute Gasteiger partial charge is 0.251 e. The van der Waals surface area contributed by atoms with Crippen molar-refractivity contribution in [3.63, 3.8) is 0 Å². The molecule has 2 rings (SSSR count). The van der Waals surface area contributed by atoms with Gasteiger partial charge in [-0.1, -0.05) is 11.6 Å². The van der Waals surface area contributed by atoms with E-state index in [0.717, 1.165) is 12.7 Å². The zero-order valence-electron chi connectivity index (χ0n) is 11.5. The van der Waals surface area contributed by atoms with Crippen LogP contribution in [0.25, 0.3) is 0 Å². The van der Waals surface area contributed by atoms with Gasteiger partial charge in [0.15, 0.2) is 0 Å². The number of halogens is 1. The SMILES string of the molecule is CS(=O)(=O)N1CCC[C@@H](NC(=O)c2ccc(O)c(Cl)c2)C1. The van der Waals surface area contributed by atoms with Crippen LogP contribution in [0.2, 0.25) is 5.02 Å². The number of nitrogens with zero attached hydrogens (tertiary/aromatic N) is 1. The third-order valence-electron chi connectivity index (χ3n) is 3.40. The standard InChI is InChI=1S/C13H17ClN2O4S/c1-21(19,20)16-6-2-3-10(8-16)15-13(18)9-4-5-12(17)11(14)7-9/h4-5,7,10,17H,2-3,6,8H2,1H3,(H,15,18)/t10-/m1/s1. The Kier molecular flexibility index (Phi) is 4.75. The summed E-state index contributed by atoms with van der Waals surface area (Å²) >= 11 is 5.77. The van der Waals surface area contributed by atoms with Crippen LogP contribution in [-0.4, -0.2) is 49.1 Å². The maximum Gasteiger partial charge on any atom is 0.251 e. The lowest BCUT2D eigenvalue weighted by Gasteiger charge is -2.31. The molecule has 6 nitrogen and oxygen atoms in total. The van der Waals surface area contributed by atoms with Crippen LogP contribution in [0, 0.1) is 0 Å². The molecule has 1 aliphatic rings. The number of aromatic hydroxyl groups is 1. The second-order valence-corrected chi connectivity index (χ2v) is 7.49. The molecule has 0 aliphatic carbocycles. The number of carbonyl (C=O) groups is 1. The lowest BCUT2D eigenvalue weighted by molar-refractivity contribution is 0.0921. The molecule has 8 heteroatoms. The van der Waals surface area contributed by atoms with Crippen LogP contribution in [-0.2, 0) is 10.0 Å². The van der Waals surface area contributed by atoms with Gasteiger partial charge in [0.2, 0.25) is 10.0 Å². The molecule has 1 aromatic rings. The van der Waals surface area contributed by atoms with Crippen LogP contribution in [0.3, 0.4) is 0 Å². The first-order valence-electron chi connectivity index (χ1n) is 6.52. The third-order valence-corrected chi connectivity index (χ3v) is 4.97. The van der Waals surface area contributed by atoms with E-state index in [0.29, 0.717) is 18.5 Å². The number of amides is 1. The van der Waals surface area contributed by atoms with E-state index in [1.807, 2.05) is 0 Å². The first kappa shape index (κ1) is 16.1. The minimum atomic E-state index is -3.24. The van der Waals surface area contributed by atoms with Gasteiger partial charge in [-0.05, 0) is 31.0 Å². The van der Waals surface area contributed by atoms with E-state index in [4.69, 9.17) is 11.6 Å². The summed E-state index contributed by atoms with van der Waals surface area (Å²) in [6, 6.07) is 3.96. The number of hydrogen-bond acceptors (Lipinski definition) is 4. The quantitative estimate of drug-likeness (QED) is 0.870. The number of phenolic OH excluding ortho intramolecular Hbond substituents is 1. The van der Waals surface area contributed by atoms with Crippen LogP contribution >= 0.6 is 11.6 Å². The zero-order chi connectivity index (χ0) is 15.6. The van der Waals surface area contributed by atoms with Crippen molar-refractivity contribution in [3.05, 3.63) is 28.8 Å². The Bertz CT molecular complexity index is 648. The molecule has 0 spiro atoms. The molecule has 0 radical (unpaired) electrons. The van der Waals surface area contributed by atoms with Crippen LogP contribution in [0.15, 0.2) is 18.2 Å². The summed E-state index contributed by atoms with van der Waals surface area (Å²) < 4.78 is 24.4. The molecule has 0 saturated carbocycles. The zero-order valence-corrected chi connectivity index (χ0v) is 13.1. The average molecular weight is 333 g/mol. The summed E-state index contributed by atoms with van der Waals surface area (Å²) in [5, 5.41) is 12.2. The van der Waals surface area contributed by atoms with Crippen molar-refractivity contribution < 1.29 is 18.3 Å². The minimum Gasteiger partial charge on any atom is -0.506 e. The molecule has 1 heterocycles. The fraction of sp³-hybridized carbons (Fsp3) is 0.462. The molecule has 1 aliphatic heterocycles. The fourth-order valence-corrected chi connectivity index (χ4v) is 3.37. The van der Waals surface area contributed by atoms with Crippen molar-refractivity contribution >= 4 is 27.5 Å². The number of carbonyl (C=O) groups excluding carboxylic acids is 1. The first-order chi connectivity index (χ1) is 9.77. The number of sulfonamides is 1. The predicted octanol–water partition coefficient (Wildman–Crippen LogP) is 1.20. The molecule has 1 fully saturated rings. The van der Waals surface area contributed by atoms with Crippen molar-refractivity contribution in [2.45, 2.75) is 18.9 Å². The Labute approximate surface area is 128 Å². The number of benzene rings is 1. The highest BCUT2D eigenvalue weighted by Crippen LogP contribution is 2.23. The van der Waals surface area contributed by atoms with E-state index in [1.165, 1.54) is 22.5 Å². The molecule has 1 aromatic carbocycles. The number of rotatable bonds is 3. The van der Waals surface area contributed by atoms with E-state index in [-0.39, 0.29) is 29.3 Å². The van der Waals surface area contributed by atoms with Gasteiger partial charge in [0, 0.05) is 24.7 Å². The average Bonchev–Trinajstić information content (AvgIpc) is 2.41. The molecular formula is C13H17ClN2O4S. The highest BCUT2D eigenvalue weighted by atomic mass is 35.5. The Morgan fingerprint density at radius 2 is 2.19 bits per heavy atom. The van der Waals surface area contributed by atoms with Gasteiger partial charge in [0.05, 0.1) is 11.3 Å². The van der Waals surface area contributed by atoms with Crippen LogP contribution < -0.4 is 5.32 Å². The molecular weight excluding hydrogens is 316 g/mol. The molecule has 116 valence electrons. The van der Waals surface area contributed by atoms with Crippen LogP contribution in [0.1, 0.15) is 23.2 Å². The van der Waals surface area contributed by atoms with E-state index >= 15 is 0 Å². The number of phenols is 1. The number of nitrogens with one attached hydrogen (secondary N) is 1. The van der Waals surface area contributed by atoms with Gasteiger partial charge in [-0.15, -0.1) is 0 Å². The number of hydrogen-bond donors (Lipinski definition) is 2. The predicted molar refractivity (Wildman–Crippen MR) is 80.0 cm³/mol. The van der Waals surface area contributed by atoms with Gasteiger partial charge in [-0.25, -0.2) is 12.7 Å². The molecule has 1 saturated heterocycles. The lowest BCUT2D eigenvalue weighted by atomic mass is 10.1. The highest BCUT2D eigenvalue weighted by molar-refractivity contribution is 7.88. The minimum absolute atomic E-state index is 0.0888. The monoisotopic (exact) mass is 332 g/mol. The lowest BCUT2D eigenvalue weighted by Crippen LogP contribution is -2.49. The number of piperidine rings is 1. The van der Waals surface area contributed by atoms with E-state index in [9.17, 15) is 18.3 Å². The molecule has 0 bridgehead atoms. The van der Waals surface area contributed by atoms with Crippen molar-refractivity contribution in [1.82, 2.24) is 9.62 Å². The Morgan fingerprint density at radius 3 is 2.81 bits per heavy atom. The van der Waals surface area contributed by atoms with Crippen LogP contribution in [0.4, 0.5) is 0 Å². The van der Waals surface area contributed by atoms with Crippen molar-refractivity contribution in [3.8, 4) is 5.75 Å². The first-order valence-corrected chi connectivity index (χ1v) is 8.74. The highest BCUT2D eigenvalue weighted by Gasteiger charge is 2.27. The second-order valence-electron chi connectivity index (χ2n) is 5.10. The summed E-state index contributed by atoms with van der Waals surface area (Å²) in [4.78, 5) is 12.1. The fourth-order valence-electron chi connectivity index (χ4n) is 2.28. The molecule has 21 heavy (non-hydrogen) atoms. The van der Waals surface area contributed by atoms with Gasteiger partial charge in [0.1, 0.15) is 5.75 Å². The largest absolute Gasteiger partial charge is 0.506 e. The Morgan fingerprint density at radius 1 is 1.48 bits per heavy atom. The Balaban J connectivity index is 2.03. The topological polar surface area (TPSA) is 86.7 Å². The van der Waals surface area contributed by atoms with E-state index in [2.05, 4.69) is 5.32 Å². The van der Waals surface area contributed by atoms with E-state index in [1.54, 1.807) is 0 Å². The van der Waals surface area contributed by atoms with Gasteiger partial charge >= 0.3 is 0 Å². The summed E-state index contributed by atoms with van der Waals surface area (Å²) in [6.45, 7) is 0.757. The van der Waals surface area contributed by atoms with Gasteiger partial charge in [0.25, 0.3) is 5.91 Å². The molecule has 1 amide bonds. The van der Waals surface area contributed by atoms with E-state index < -0.39 is 10.0 Å². The summed E-state index contributed by atoms with van der Waals surface area (Å²) in [6.07, 6.45) is 2.59. The summed E-state index contributed by atoms with van der Waals surface area (Å²) in [7, 11) is -3.24. The normalized spacial score (nSPS) is 20.2. The second kappa shape index (κ2) is 6.21. The summed E-state index contributed by atoms with van der Waals surface area (Å²) in [5.41, 5.74) is 0.328. The van der Waals surface area contributed by atoms with Gasteiger partial charge in [-0.3, -0.25) is 4.79 Å². The molecule has 1 atom stereocenters. The molecule has 0 aromatic heterocycles. The third kappa shape index (κ3) is 4.09. The van der Waals surface area contributed by atoms with Crippen molar-refractivity contribution in [2.24, 2.45) is 0 Å². The van der Waals surface area contributed by atoms with Crippen molar-refractivity contribution in [2.75, 3.05) is 19.3 Å². The maximum absolute atomic E-state index is 12.1. The van der Waals surface area contributed by atoms with Gasteiger partial charge in [-0.2, -0.15) is 0 Å². The summed E-state index contributed by atoms with van der Waals surface area (Å²) in [5.74, 6) is -0.425. The van der Waals surface area contributed by atoms with Crippen LogP contribution in [0.5, 0.6) is 5.75 Å².